The van der Waals surface area contributed by atoms with Gasteiger partial charge in [-0.2, -0.15) is 4.39 Å². The normalized spacial score (nSPS) is 10.6. The van der Waals surface area contributed by atoms with E-state index in [1.54, 1.807) is 6.07 Å². The van der Waals surface area contributed by atoms with Crippen molar-refractivity contribution in [2.24, 2.45) is 0 Å². The first-order valence-electron chi connectivity index (χ1n) is 6.43. The van der Waals surface area contributed by atoms with Gasteiger partial charge in [0.2, 0.25) is 5.95 Å². The van der Waals surface area contributed by atoms with Crippen molar-refractivity contribution in [1.82, 2.24) is 9.97 Å². The summed E-state index contributed by atoms with van der Waals surface area (Å²) >= 11 is 0. The molecule has 1 aromatic carbocycles. The summed E-state index contributed by atoms with van der Waals surface area (Å²) in [5.41, 5.74) is 2.47. The molecule has 1 amide bonds. The van der Waals surface area contributed by atoms with Crippen LogP contribution in [0.2, 0.25) is 0 Å². The van der Waals surface area contributed by atoms with Gasteiger partial charge in [-0.05, 0) is 25.1 Å². The number of nitrogens with one attached hydrogen (secondary N) is 1. The van der Waals surface area contributed by atoms with Crippen LogP contribution in [0.3, 0.4) is 0 Å². The van der Waals surface area contributed by atoms with Crippen LogP contribution in [0.4, 0.5) is 10.1 Å². The fraction of sp³-hybridized carbons (Fsp3) is 0.0625. The molecule has 0 atom stereocenters. The highest BCUT2D eigenvalue weighted by Crippen LogP contribution is 2.23. The van der Waals surface area contributed by atoms with Crippen LogP contribution in [0.15, 0.2) is 48.7 Å². The topological polar surface area (TPSA) is 54.9 Å². The van der Waals surface area contributed by atoms with Crippen LogP contribution in [-0.2, 0) is 0 Å². The van der Waals surface area contributed by atoms with Gasteiger partial charge in [0, 0.05) is 28.9 Å². The fourth-order valence-corrected chi connectivity index (χ4v) is 2.15. The third-order valence-electron chi connectivity index (χ3n) is 3.08. The molecule has 21 heavy (non-hydrogen) atoms. The summed E-state index contributed by atoms with van der Waals surface area (Å²) in [7, 11) is 0. The van der Waals surface area contributed by atoms with Crippen molar-refractivity contribution in [2.45, 2.75) is 6.92 Å². The molecule has 0 saturated carbocycles. The smallest absolute Gasteiger partial charge is 0.255 e. The SMILES string of the molecule is Cc1cc(NC(=O)c2ccnc(F)c2)c2ccccc2n1. The number of carbonyl (C=O) groups excluding carboxylic acids is 1. The van der Waals surface area contributed by atoms with Crippen LogP contribution < -0.4 is 5.32 Å². The average molecular weight is 281 g/mol. The van der Waals surface area contributed by atoms with Crippen molar-refractivity contribution >= 4 is 22.5 Å². The number of hydrogen-bond acceptors (Lipinski definition) is 3. The van der Waals surface area contributed by atoms with Gasteiger partial charge in [-0.15, -0.1) is 0 Å². The second kappa shape index (κ2) is 5.28. The lowest BCUT2D eigenvalue weighted by atomic mass is 10.1. The zero-order valence-corrected chi connectivity index (χ0v) is 11.3. The Hall–Kier alpha value is -2.82. The Morgan fingerprint density at radius 1 is 1.19 bits per heavy atom. The maximum atomic E-state index is 13.1. The number of fused-ring (bicyclic) bond motifs is 1. The number of nitrogens with zero attached hydrogens (tertiary/aromatic N) is 2. The highest BCUT2D eigenvalue weighted by atomic mass is 19.1. The van der Waals surface area contributed by atoms with E-state index in [0.29, 0.717) is 5.69 Å². The van der Waals surface area contributed by atoms with Gasteiger partial charge in [-0.25, -0.2) is 4.98 Å². The van der Waals surface area contributed by atoms with E-state index in [1.165, 1.54) is 12.3 Å². The molecule has 1 N–H and O–H groups in total. The van der Waals surface area contributed by atoms with Gasteiger partial charge in [-0.1, -0.05) is 18.2 Å². The molecule has 0 saturated heterocycles. The quantitative estimate of drug-likeness (QED) is 0.733. The average Bonchev–Trinajstić information content (AvgIpc) is 2.47. The predicted molar refractivity (Wildman–Crippen MR) is 78.6 cm³/mol. The number of aromatic nitrogens is 2. The molecule has 0 unspecified atom stereocenters. The van der Waals surface area contributed by atoms with Crippen LogP contribution in [0.1, 0.15) is 16.1 Å². The highest BCUT2D eigenvalue weighted by Gasteiger charge is 2.10. The van der Waals surface area contributed by atoms with E-state index in [0.717, 1.165) is 22.7 Å². The fourth-order valence-electron chi connectivity index (χ4n) is 2.15. The van der Waals surface area contributed by atoms with E-state index in [1.807, 2.05) is 31.2 Å². The zero-order valence-electron chi connectivity index (χ0n) is 11.3. The standard InChI is InChI=1S/C16H12FN3O/c1-10-8-14(12-4-2-3-5-13(12)19-10)20-16(21)11-6-7-18-15(17)9-11/h2-9H,1H3,(H,19,20,21). The van der Waals surface area contributed by atoms with Gasteiger partial charge in [0.25, 0.3) is 5.91 Å². The van der Waals surface area contributed by atoms with Crippen molar-refractivity contribution in [2.75, 3.05) is 5.32 Å². The minimum absolute atomic E-state index is 0.223. The summed E-state index contributed by atoms with van der Waals surface area (Å²) in [4.78, 5) is 20.0. The molecule has 0 aliphatic rings. The van der Waals surface area contributed by atoms with Crippen LogP contribution in [0.5, 0.6) is 0 Å². The summed E-state index contributed by atoms with van der Waals surface area (Å²) < 4.78 is 13.1. The first kappa shape index (κ1) is 13.2. The van der Waals surface area contributed by atoms with Gasteiger partial charge < -0.3 is 5.32 Å². The number of carbonyl (C=O) groups is 1. The van der Waals surface area contributed by atoms with Crippen molar-refractivity contribution in [3.63, 3.8) is 0 Å². The number of pyridine rings is 2. The third-order valence-corrected chi connectivity index (χ3v) is 3.08. The minimum Gasteiger partial charge on any atom is -0.321 e. The lowest BCUT2D eigenvalue weighted by Crippen LogP contribution is -2.13. The van der Waals surface area contributed by atoms with E-state index >= 15 is 0 Å². The second-order valence-corrected chi connectivity index (χ2v) is 4.65. The zero-order chi connectivity index (χ0) is 14.8. The summed E-state index contributed by atoms with van der Waals surface area (Å²) in [6.07, 6.45) is 1.26. The maximum Gasteiger partial charge on any atom is 0.255 e. The van der Waals surface area contributed by atoms with Crippen molar-refractivity contribution < 1.29 is 9.18 Å². The summed E-state index contributed by atoms with van der Waals surface area (Å²) in [6.45, 7) is 1.86. The lowest BCUT2D eigenvalue weighted by molar-refractivity contribution is 0.102. The number of amides is 1. The molecule has 3 aromatic rings. The largest absolute Gasteiger partial charge is 0.321 e. The highest BCUT2D eigenvalue weighted by molar-refractivity contribution is 6.08. The van der Waals surface area contributed by atoms with Gasteiger partial charge in [0.15, 0.2) is 0 Å². The number of anilines is 1. The number of benzene rings is 1. The third kappa shape index (κ3) is 2.72. The number of rotatable bonds is 2. The Morgan fingerprint density at radius 3 is 2.81 bits per heavy atom. The van der Waals surface area contributed by atoms with Gasteiger partial charge in [0.1, 0.15) is 0 Å². The van der Waals surface area contributed by atoms with Crippen molar-refractivity contribution in [1.29, 1.82) is 0 Å². The first-order valence-corrected chi connectivity index (χ1v) is 6.43. The van der Waals surface area contributed by atoms with Crippen LogP contribution in [-0.4, -0.2) is 15.9 Å². The van der Waals surface area contributed by atoms with E-state index in [2.05, 4.69) is 15.3 Å². The van der Waals surface area contributed by atoms with E-state index in [4.69, 9.17) is 0 Å². The van der Waals surface area contributed by atoms with Crippen LogP contribution in [0, 0.1) is 12.9 Å². The Kier molecular flexibility index (Phi) is 3.31. The lowest BCUT2D eigenvalue weighted by Gasteiger charge is -2.09. The Morgan fingerprint density at radius 2 is 2.00 bits per heavy atom. The summed E-state index contributed by atoms with van der Waals surface area (Å²) in [5.74, 6) is -1.06. The van der Waals surface area contributed by atoms with Crippen LogP contribution in [0.25, 0.3) is 10.9 Å². The molecule has 0 radical (unpaired) electrons. The molecule has 0 aliphatic heterocycles. The van der Waals surface area contributed by atoms with Crippen LogP contribution >= 0.6 is 0 Å². The molecular weight excluding hydrogens is 269 g/mol. The van der Waals surface area contributed by atoms with Crippen molar-refractivity contribution in [3.05, 3.63) is 65.9 Å². The molecule has 0 spiro atoms. The van der Waals surface area contributed by atoms with Gasteiger partial charge >= 0.3 is 0 Å². The molecule has 4 nitrogen and oxygen atoms in total. The molecule has 2 heterocycles. The van der Waals surface area contributed by atoms with E-state index < -0.39 is 5.95 Å². The molecule has 5 heteroatoms. The Labute approximate surface area is 120 Å². The van der Waals surface area contributed by atoms with E-state index in [-0.39, 0.29) is 11.5 Å². The molecule has 104 valence electrons. The molecule has 0 bridgehead atoms. The first-order chi connectivity index (χ1) is 10.1. The number of aryl methyl sites for hydroxylation is 1. The van der Waals surface area contributed by atoms with Crippen molar-refractivity contribution in [3.8, 4) is 0 Å². The van der Waals surface area contributed by atoms with Gasteiger partial charge in [0.05, 0.1) is 11.2 Å². The Balaban J connectivity index is 2.00. The predicted octanol–water partition coefficient (Wildman–Crippen LogP) is 3.33. The molecule has 3 rings (SSSR count). The molecule has 2 aromatic heterocycles. The second-order valence-electron chi connectivity index (χ2n) is 4.65. The number of hydrogen-bond donors (Lipinski definition) is 1. The summed E-state index contributed by atoms with van der Waals surface area (Å²) in [6, 6.07) is 11.9. The molecular formula is C16H12FN3O. The Bertz CT molecular complexity index is 833. The van der Waals surface area contributed by atoms with Gasteiger partial charge in [-0.3, -0.25) is 9.78 Å². The minimum atomic E-state index is -0.682. The van der Waals surface area contributed by atoms with E-state index in [9.17, 15) is 9.18 Å². The summed E-state index contributed by atoms with van der Waals surface area (Å²) in [5, 5.41) is 3.63. The molecule has 0 aliphatic carbocycles. The number of halogens is 1. The molecule has 0 fully saturated rings. The monoisotopic (exact) mass is 281 g/mol. The maximum absolute atomic E-state index is 13.1. The number of para-hydroxylation sites is 1.